The van der Waals surface area contributed by atoms with Crippen LogP contribution in [0.5, 0.6) is 0 Å². The van der Waals surface area contributed by atoms with Gasteiger partial charge in [-0.1, -0.05) is 53.5 Å². The van der Waals surface area contributed by atoms with Gasteiger partial charge in [-0.2, -0.15) is 5.10 Å². The maximum absolute atomic E-state index is 12.7. The van der Waals surface area contributed by atoms with E-state index in [1.165, 1.54) is 6.07 Å². The number of fused-ring (bicyclic) bond motifs is 2. The van der Waals surface area contributed by atoms with Crippen molar-refractivity contribution in [1.29, 1.82) is 0 Å². The molecule has 1 aliphatic rings. The Morgan fingerprint density at radius 1 is 1.14 bits per heavy atom. The van der Waals surface area contributed by atoms with E-state index in [9.17, 15) is 13.2 Å². The predicted molar refractivity (Wildman–Crippen MR) is 140 cm³/mol. The highest BCUT2D eigenvalue weighted by Gasteiger charge is 2.24. The van der Waals surface area contributed by atoms with Gasteiger partial charge in [-0.05, 0) is 54.2 Å². The van der Waals surface area contributed by atoms with Gasteiger partial charge < -0.3 is 9.73 Å². The predicted octanol–water partition coefficient (Wildman–Crippen LogP) is 5.29. The van der Waals surface area contributed by atoms with Crippen molar-refractivity contribution in [3.63, 3.8) is 0 Å². The third kappa shape index (κ3) is 5.21. The van der Waals surface area contributed by atoms with Gasteiger partial charge in [0.05, 0.1) is 18.4 Å². The second-order valence-corrected chi connectivity index (χ2v) is 11.4. The molecule has 7 nitrogen and oxygen atoms in total. The topological polar surface area (TPSA) is 94.2 Å². The molecule has 0 radical (unpaired) electrons. The molecular formula is C26H23Cl2N3O4S. The molecule has 1 N–H and O–H groups in total. The summed E-state index contributed by atoms with van der Waals surface area (Å²) in [5, 5.41) is 8.86. The van der Waals surface area contributed by atoms with E-state index in [0.717, 1.165) is 41.7 Å². The zero-order chi connectivity index (χ0) is 25.3. The van der Waals surface area contributed by atoms with Crippen LogP contribution in [-0.4, -0.2) is 36.4 Å². The van der Waals surface area contributed by atoms with E-state index in [-0.39, 0.29) is 11.6 Å². The summed E-state index contributed by atoms with van der Waals surface area (Å²) in [6.45, 7) is 0.695. The molecule has 0 atom stereocenters. The molecule has 0 fully saturated rings. The van der Waals surface area contributed by atoms with E-state index in [1.54, 1.807) is 36.4 Å². The maximum Gasteiger partial charge on any atom is 0.235 e. The van der Waals surface area contributed by atoms with Crippen LogP contribution in [0.1, 0.15) is 29.7 Å². The number of nitrogens with zero attached hydrogens (tertiary/aromatic N) is 2. The highest BCUT2D eigenvalue weighted by atomic mass is 35.5. The Balaban J connectivity index is 1.27. The minimum atomic E-state index is -3.90. The molecule has 0 saturated heterocycles. The summed E-state index contributed by atoms with van der Waals surface area (Å²) in [7, 11) is -3.90. The number of nitrogens with one attached hydrogen (secondary N) is 1. The fourth-order valence-electron chi connectivity index (χ4n) is 4.39. The van der Waals surface area contributed by atoms with Crippen LogP contribution in [0.15, 0.2) is 70.3 Å². The zero-order valence-corrected chi connectivity index (χ0v) is 21.5. The lowest BCUT2D eigenvalue weighted by Crippen LogP contribution is -2.30. The molecule has 4 aromatic rings. The molecule has 2 heterocycles. The number of hydrogen-bond donors (Lipinski definition) is 1. The summed E-state index contributed by atoms with van der Waals surface area (Å²) in [6, 6.07) is 13.8. The van der Waals surface area contributed by atoms with E-state index in [0.29, 0.717) is 27.6 Å². The third-order valence-electron chi connectivity index (χ3n) is 6.13. The van der Waals surface area contributed by atoms with Crippen LogP contribution in [0.3, 0.4) is 0 Å². The number of furan rings is 1. The molecule has 36 heavy (non-hydrogen) atoms. The number of allylic oxidation sites excluding steroid dienone is 1. The molecular weight excluding hydrogens is 521 g/mol. The number of carbonyl (C=O) groups is 1. The molecule has 5 rings (SSSR count). The number of rotatable bonds is 7. The van der Waals surface area contributed by atoms with Crippen LogP contribution >= 0.6 is 23.2 Å². The Morgan fingerprint density at radius 2 is 1.97 bits per heavy atom. The van der Waals surface area contributed by atoms with Gasteiger partial charge in [0.1, 0.15) is 11.3 Å². The minimum absolute atomic E-state index is 0.205. The van der Waals surface area contributed by atoms with Gasteiger partial charge >= 0.3 is 0 Å². The summed E-state index contributed by atoms with van der Waals surface area (Å²) in [5.74, 6) is -1.28. The molecule has 0 spiro atoms. The van der Waals surface area contributed by atoms with Gasteiger partial charge in [0, 0.05) is 28.0 Å². The summed E-state index contributed by atoms with van der Waals surface area (Å²) in [5.41, 5.74) is 4.57. The average Bonchev–Trinajstić information content (AvgIpc) is 3.46. The molecule has 0 aliphatic heterocycles. The molecule has 186 valence electrons. The number of aryl methyl sites for hydroxylation is 1. The van der Waals surface area contributed by atoms with Crippen LogP contribution in [0.2, 0.25) is 10.0 Å². The monoisotopic (exact) mass is 543 g/mol. The summed E-state index contributed by atoms with van der Waals surface area (Å²) in [4.78, 5) is 12.5. The lowest BCUT2D eigenvalue weighted by Gasteiger charge is -2.18. The number of hydrogen-bond acceptors (Lipinski definition) is 5. The van der Waals surface area contributed by atoms with Gasteiger partial charge in [-0.15, -0.1) is 0 Å². The maximum atomic E-state index is 12.7. The largest absolute Gasteiger partial charge is 0.445 e. The first-order valence-corrected chi connectivity index (χ1v) is 13.9. The van der Waals surface area contributed by atoms with Crippen LogP contribution in [0.4, 0.5) is 0 Å². The molecule has 1 amide bonds. The first-order chi connectivity index (χ1) is 17.3. The Hall–Kier alpha value is -3.07. The number of aromatic nitrogens is 2. The number of halogens is 2. The fraction of sp³-hybridized carbons (Fsp3) is 0.231. The molecule has 2 aromatic carbocycles. The van der Waals surface area contributed by atoms with Crippen LogP contribution < -0.4 is 5.32 Å². The van der Waals surface area contributed by atoms with Crippen LogP contribution in [0.25, 0.3) is 16.5 Å². The van der Waals surface area contributed by atoms with Crippen molar-refractivity contribution in [2.24, 2.45) is 0 Å². The van der Waals surface area contributed by atoms with Crippen LogP contribution in [-0.2, 0) is 27.6 Å². The number of sulfone groups is 1. The van der Waals surface area contributed by atoms with Crippen molar-refractivity contribution in [2.75, 3.05) is 12.3 Å². The van der Waals surface area contributed by atoms with E-state index < -0.39 is 21.5 Å². The standard InChI is InChI=1S/C26H23Cl2N3O4S/c27-21-9-8-20(22(28)13-21)15-31-26-17(5-3-6-19(26)14-30-31)10-11-29-24(32)16-36(33,34)25-12-18-4-1-2-7-23(18)35-25/h1-2,4,7-10,12-14H,3,5-6,11,15-16H2,(H,29,32)/b17-10+. The lowest BCUT2D eigenvalue weighted by atomic mass is 9.92. The Bertz CT molecular complexity index is 1550. The fourth-order valence-corrected chi connectivity index (χ4v) is 5.97. The zero-order valence-electron chi connectivity index (χ0n) is 19.2. The van der Waals surface area contributed by atoms with Crippen molar-refractivity contribution in [2.45, 2.75) is 30.9 Å². The second-order valence-electron chi connectivity index (χ2n) is 8.66. The van der Waals surface area contributed by atoms with Crippen molar-refractivity contribution in [3.8, 4) is 0 Å². The Kier molecular flexibility index (Phi) is 6.92. The molecule has 2 aromatic heterocycles. The average molecular weight is 544 g/mol. The van der Waals surface area contributed by atoms with Crippen LogP contribution in [0, 0.1) is 0 Å². The molecule has 0 unspecified atom stereocenters. The second kappa shape index (κ2) is 10.1. The number of para-hydroxylation sites is 1. The van der Waals surface area contributed by atoms with Gasteiger partial charge in [-0.3, -0.25) is 9.48 Å². The number of amides is 1. The van der Waals surface area contributed by atoms with Gasteiger partial charge in [0.15, 0.2) is 0 Å². The van der Waals surface area contributed by atoms with Crippen molar-refractivity contribution in [3.05, 3.63) is 87.7 Å². The highest BCUT2D eigenvalue weighted by molar-refractivity contribution is 7.92. The van der Waals surface area contributed by atoms with Crippen molar-refractivity contribution in [1.82, 2.24) is 15.1 Å². The van der Waals surface area contributed by atoms with E-state index in [1.807, 2.05) is 23.0 Å². The smallest absolute Gasteiger partial charge is 0.235 e. The summed E-state index contributed by atoms with van der Waals surface area (Å²) >= 11 is 12.4. The summed E-state index contributed by atoms with van der Waals surface area (Å²) < 4.78 is 32.7. The van der Waals surface area contributed by atoms with Gasteiger partial charge in [0.2, 0.25) is 20.8 Å². The molecule has 0 bridgehead atoms. The number of carbonyl (C=O) groups excluding carboxylic acids is 1. The quantitative estimate of drug-likeness (QED) is 0.341. The first-order valence-electron chi connectivity index (χ1n) is 11.5. The van der Waals surface area contributed by atoms with E-state index in [2.05, 4.69) is 10.4 Å². The molecule has 0 saturated carbocycles. The highest BCUT2D eigenvalue weighted by Crippen LogP contribution is 2.32. The SMILES string of the molecule is O=C(CS(=O)(=O)c1cc2ccccc2o1)NC/C=C1\CCCc2cnn(Cc3ccc(Cl)cc3Cl)c21. The van der Waals surface area contributed by atoms with E-state index in [4.69, 9.17) is 27.6 Å². The Morgan fingerprint density at radius 3 is 2.78 bits per heavy atom. The third-order valence-corrected chi connectivity index (χ3v) is 8.17. The normalized spacial score (nSPS) is 14.8. The van der Waals surface area contributed by atoms with Crippen molar-refractivity contribution >= 4 is 55.5 Å². The van der Waals surface area contributed by atoms with E-state index >= 15 is 0 Å². The molecule has 1 aliphatic carbocycles. The van der Waals surface area contributed by atoms with Crippen molar-refractivity contribution < 1.29 is 17.6 Å². The summed E-state index contributed by atoms with van der Waals surface area (Å²) in [6.07, 6.45) is 6.51. The lowest BCUT2D eigenvalue weighted by molar-refractivity contribution is -0.118. The van der Waals surface area contributed by atoms with Gasteiger partial charge in [0.25, 0.3) is 0 Å². The minimum Gasteiger partial charge on any atom is -0.445 e. The number of benzene rings is 2. The Labute approximate surface area is 218 Å². The van der Waals surface area contributed by atoms with Gasteiger partial charge in [-0.25, -0.2) is 8.42 Å². The first kappa shape index (κ1) is 24.6. The molecule has 10 heteroatoms.